The lowest BCUT2D eigenvalue weighted by atomic mass is 10.2. The van der Waals surface area contributed by atoms with Gasteiger partial charge in [-0.05, 0) is 24.6 Å². The van der Waals surface area contributed by atoms with Crippen molar-refractivity contribution in [3.05, 3.63) is 29.6 Å². The number of alkyl halides is 3. The Hall–Kier alpha value is -1.31. The van der Waals surface area contributed by atoms with Gasteiger partial charge < -0.3 is 5.32 Å². The van der Waals surface area contributed by atoms with Crippen molar-refractivity contribution in [2.45, 2.75) is 12.6 Å². The Morgan fingerprint density at radius 1 is 1.26 bits per heavy atom. The molecule has 0 spiro atoms. The topological polar surface area (TPSA) is 46.2 Å². The van der Waals surface area contributed by atoms with E-state index in [0.717, 1.165) is 12.3 Å². The third kappa shape index (κ3) is 5.46. The Balaban J connectivity index is 2.66. The monoisotopic (exact) mass is 299 g/mol. The average molecular weight is 299 g/mol. The first-order valence-corrected chi connectivity index (χ1v) is 7.44. The number of benzene rings is 1. The fourth-order valence-electron chi connectivity index (χ4n) is 1.42. The first kappa shape index (κ1) is 15.7. The van der Waals surface area contributed by atoms with Crippen molar-refractivity contribution >= 4 is 15.5 Å². The minimum Gasteiger partial charge on any atom is -0.385 e. The van der Waals surface area contributed by atoms with Crippen molar-refractivity contribution in [3.8, 4) is 0 Å². The van der Waals surface area contributed by atoms with Gasteiger partial charge in [-0.3, -0.25) is 0 Å². The Bertz CT molecular complexity index is 540. The quantitative estimate of drug-likeness (QED) is 0.671. The first-order chi connectivity index (χ1) is 8.59. The predicted octanol–water partition coefficient (Wildman–Crippen LogP) is 2.69. The molecule has 1 aromatic carbocycles. The van der Waals surface area contributed by atoms with Gasteiger partial charge in [-0.1, -0.05) is 0 Å². The number of anilines is 1. The molecular formula is C11H13F4NO2S. The molecule has 0 amide bonds. The summed E-state index contributed by atoms with van der Waals surface area (Å²) in [4.78, 5) is 0. The van der Waals surface area contributed by atoms with E-state index in [1.165, 1.54) is 6.07 Å². The molecule has 0 bridgehead atoms. The van der Waals surface area contributed by atoms with E-state index in [-0.39, 0.29) is 24.4 Å². The Morgan fingerprint density at radius 2 is 1.89 bits per heavy atom. The van der Waals surface area contributed by atoms with E-state index in [9.17, 15) is 26.0 Å². The zero-order chi connectivity index (χ0) is 14.7. The summed E-state index contributed by atoms with van der Waals surface area (Å²) in [5, 5.41) is 2.63. The SMILES string of the molecule is CS(=O)(=O)CCCNc1ccc(F)c(C(F)(F)F)c1. The highest BCUT2D eigenvalue weighted by Crippen LogP contribution is 2.32. The van der Waals surface area contributed by atoms with Crippen LogP contribution in [0.2, 0.25) is 0 Å². The lowest BCUT2D eigenvalue weighted by molar-refractivity contribution is -0.139. The molecule has 0 saturated carbocycles. The third-order valence-electron chi connectivity index (χ3n) is 2.29. The molecule has 108 valence electrons. The van der Waals surface area contributed by atoms with Crippen LogP contribution in [0.4, 0.5) is 23.2 Å². The number of rotatable bonds is 5. The number of hydrogen-bond donors (Lipinski definition) is 1. The molecule has 0 saturated heterocycles. The lowest BCUT2D eigenvalue weighted by Gasteiger charge is -2.11. The van der Waals surface area contributed by atoms with Gasteiger partial charge in [0.05, 0.1) is 11.3 Å². The molecule has 0 heterocycles. The average Bonchev–Trinajstić information content (AvgIpc) is 2.23. The second-order valence-electron chi connectivity index (χ2n) is 4.10. The van der Waals surface area contributed by atoms with Gasteiger partial charge >= 0.3 is 6.18 Å². The molecule has 0 aliphatic rings. The summed E-state index contributed by atoms with van der Waals surface area (Å²) < 4.78 is 72.0. The minimum absolute atomic E-state index is 0.0622. The van der Waals surface area contributed by atoms with E-state index in [1.54, 1.807) is 0 Å². The molecule has 3 nitrogen and oxygen atoms in total. The summed E-state index contributed by atoms with van der Waals surface area (Å²) in [6.45, 7) is 0.190. The van der Waals surface area contributed by atoms with Crippen molar-refractivity contribution in [3.63, 3.8) is 0 Å². The lowest BCUT2D eigenvalue weighted by Crippen LogP contribution is -2.12. The molecule has 1 rings (SSSR count). The van der Waals surface area contributed by atoms with Crippen LogP contribution < -0.4 is 5.32 Å². The van der Waals surface area contributed by atoms with Crippen LogP contribution >= 0.6 is 0 Å². The summed E-state index contributed by atoms with van der Waals surface area (Å²) in [5.41, 5.74) is -1.25. The Kier molecular flexibility index (Phi) is 4.78. The van der Waals surface area contributed by atoms with Crippen LogP contribution in [-0.4, -0.2) is 27.0 Å². The van der Waals surface area contributed by atoms with Crippen LogP contribution in [0.5, 0.6) is 0 Å². The molecule has 8 heteroatoms. The van der Waals surface area contributed by atoms with Gasteiger partial charge in [0.2, 0.25) is 0 Å². The molecule has 0 radical (unpaired) electrons. The zero-order valence-electron chi connectivity index (χ0n) is 10.1. The zero-order valence-corrected chi connectivity index (χ0v) is 10.9. The van der Waals surface area contributed by atoms with Crippen LogP contribution in [0.3, 0.4) is 0 Å². The highest BCUT2D eigenvalue weighted by Gasteiger charge is 2.34. The Morgan fingerprint density at radius 3 is 2.42 bits per heavy atom. The summed E-state index contributed by atoms with van der Waals surface area (Å²) in [6, 6.07) is 2.56. The van der Waals surface area contributed by atoms with Crippen LogP contribution in [0.25, 0.3) is 0 Å². The number of halogens is 4. The Labute approximate surface area is 108 Å². The maximum absolute atomic E-state index is 13.0. The van der Waals surface area contributed by atoms with Gasteiger partial charge in [-0.15, -0.1) is 0 Å². The standard InChI is InChI=1S/C11H13F4NO2S/c1-19(17,18)6-2-5-16-8-3-4-10(12)9(7-8)11(13,14)15/h3-4,7,16H,2,5-6H2,1H3. The molecule has 0 aliphatic heterocycles. The maximum atomic E-state index is 13.0. The van der Waals surface area contributed by atoms with Gasteiger partial charge in [0.25, 0.3) is 0 Å². The van der Waals surface area contributed by atoms with E-state index in [1.807, 2.05) is 0 Å². The highest BCUT2D eigenvalue weighted by atomic mass is 32.2. The van der Waals surface area contributed by atoms with Crippen LogP contribution in [-0.2, 0) is 16.0 Å². The molecule has 0 atom stereocenters. The van der Waals surface area contributed by atoms with Gasteiger partial charge in [0, 0.05) is 18.5 Å². The van der Waals surface area contributed by atoms with Gasteiger partial charge in [-0.25, -0.2) is 12.8 Å². The van der Waals surface area contributed by atoms with E-state index in [0.29, 0.717) is 6.07 Å². The van der Waals surface area contributed by atoms with Crippen molar-refractivity contribution in [2.24, 2.45) is 0 Å². The summed E-state index contributed by atoms with van der Waals surface area (Å²) in [5.74, 6) is -1.40. The van der Waals surface area contributed by atoms with E-state index in [2.05, 4.69) is 5.32 Å². The number of hydrogen-bond acceptors (Lipinski definition) is 3. The first-order valence-electron chi connectivity index (χ1n) is 5.38. The molecule has 1 aromatic rings. The molecule has 0 aliphatic carbocycles. The largest absolute Gasteiger partial charge is 0.419 e. The number of nitrogens with one attached hydrogen (secondary N) is 1. The summed E-state index contributed by atoms with van der Waals surface area (Å²) >= 11 is 0. The molecule has 0 fully saturated rings. The molecule has 1 N–H and O–H groups in total. The third-order valence-corrected chi connectivity index (χ3v) is 3.32. The second-order valence-corrected chi connectivity index (χ2v) is 6.36. The van der Waals surface area contributed by atoms with Gasteiger partial charge in [0.1, 0.15) is 15.7 Å². The van der Waals surface area contributed by atoms with Crippen LogP contribution in [0, 0.1) is 5.82 Å². The summed E-state index contributed by atoms with van der Waals surface area (Å²) in [7, 11) is -3.10. The van der Waals surface area contributed by atoms with Gasteiger partial charge in [-0.2, -0.15) is 13.2 Å². The minimum atomic E-state index is -4.76. The smallest absolute Gasteiger partial charge is 0.385 e. The van der Waals surface area contributed by atoms with Crippen molar-refractivity contribution in [2.75, 3.05) is 23.9 Å². The molecule has 0 aromatic heterocycles. The van der Waals surface area contributed by atoms with Crippen molar-refractivity contribution in [1.29, 1.82) is 0 Å². The van der Waals surface area contributed by atoms with E-state index >= 15 is 0 Å². The fourth-order valence-corrected chi connectivity index (χ4v) is 2.09. The fraction of sp³-hybridized carbons (Fsp3) is 0.455. The highest BCUT2D eigenvalue weighted by molar-refractivity contribution is 7.90. The van der Waals surface area contributed by atoms with E-state index in [4.69, 9.17) is 0 Å². The molecule has 0 unspecified atom stereocenters. The molecular weight excluding hydrogens is 286 g/mol. The molecule has 19 heavy (non-hydrogen) atoms. The predicted molar refractivity (Wildman–Crippen MR) is 64.2 cm³/mol. The number of sulfone groups is 1. The van der Waals surface area contributed by atoms with E-state index < -0.39 is 27.4 Å². The summed E-state index contributed by atoms with van der Waals surface area (Å²) in [6.07, 6.45) is -3.42. The second kappa shape index (κ2) is 5.77. The normalized spacial score (nSPS) is 12.5. The van der Waals surface area contributed by atoms with Gasteiger partial charge in [0.15, 0.2) is 0 Å². The maximum Gasteiger partial charge on any atom is 0.419 e. The van der Waals surface area contributed by atoms with Crippen LogP contribution in [0.1, 0.15) is 12.0 Å². The van der Waals surface area contributed by atoms with Crippen molar-refractivity contribution < 1.29 is 26.0 Å². The van der Waals surface area contributed by atoms with Crippen LogP contribution in [0.15, 0.2) is 18.2 Å². The van der Waals surface area contributed by atoms with Crippen molar-refractivity contribution in [1.82, 2.24) is 0 Å².